The molecule has 0 aromatic carbocycles. The van der Waals surface area contributed by atoms with Gasteiger partial charge in [0, 0.05) is 5.92 Å². The van der Waals surface area contributed by atoms with Crippen molar-refractivity contribution >= 4 is 0 Å². The second-order valence-corrected chi connectivity index (χ2v) is 6.91. The molecule has 0 bridgehead atoms. The zero-order valence-corrected chi connectivity index (χ0v) is 15.7. The largest absolute Gasteiger partial charge is 0.198 e. The minimum Gasteiger partial charge on any atom is -0.198 e. The van der Waals surface area contributed by atoms with Crippen molar-refractivity contribution in [3.05, 3.63) is 19.1 Å². The fourth-order valence-electron chi connectivity index (χ4n) is 2.88. The Morgan fingerprint density at radius 1 is 0.739 bits per heavy atom. The van der Waals surface area contributed by atoms with E-state index in [4.69, 9.17) is 5.26 Å². The lowest BCUT2D eigenvalue weighted by molar-refractivity contribution is 0.540. The van der Waals surface area contributed by atoms with Crippen LogP contribution >= 0.6 is 0 Å². The van der Waals surface area contributed by atoms with Crippen molar-refractivity contribution < 1.29 is 0 Å². The number of unbranched alkanes of at least 4 members (excludes halogenated alkanes) is 13. The van der Waals surface area contributed by atoms with Gasteiger partial charge in [-0.25, -0.2) is 0 Å². The zero-order chi connectivity index (χ0) is 17.0. The van der Waals surface area contributed by atoms with Crippen LogP contribution in [0.1, 0.15) is 110 Å². The number of rotatable bonds is 17. The van der Waals surface area contributed by atoms with E-state index < -0.39 is 0 Å². The monoisotopic (exact) mass is 318 g/mol. The molecule has 0 N–H and O–H groups in total. The molecule has 0 heterocycles. The van der Waals surface area contributed by atoms with Crippen LogP contribution in [0.3, 0.4) is 0 Å². The Hall–Kier alpha value is -0.770. The third-order valence-electron chi connectivity index (χ3n) is 4.51. The summed E-state index contributed by atoms with van der Waals surface area (Å²) < 4.78 is 0. The highest BCUT2D eigenvalue weighted by Gasteiger charge is 1.96. The molecule has 23 heavy (non-hydrogen) atoms. The second-order valence-electron chi connectivity index (χ2n) is 6.91. The van der Waals surface area contributed by atoms with E-state index in [0.29, 0.717) is 0 Å². The van der Waals surface area contributed by atoms with Crippen LogP contribution in [0.4, 0.5) is 0 Å². The maximum Gasteiger partial charge on any atom is 0.0655 e. The summed E-state index contributed by atoms with van der Waals surface area (Å²) >= 11 is 0. The van der Waals surface area contributed by atoms with Crippen molar-refractivity contribution in [2.45, 2.75) is 110 Å². The molecule has 0 saturated heterocycles. The highest BCUT2D eigenvalue weighted by Crippen LogP contribution is 2.13. The van der Waals surface area contributed by atoms with Gasteiger partial charge in [0.15, 0.2) is 0 Å². The van der Waals surface area contributed by atoms with E-state index in [1.807, 2.05) is 0 Å². The van der Waals surface area contributed by atoms with Gasteiger partial charge < -0.3 is 0 Å². The van der Waals surface area contributed by atoms with Gasteiger partial charge in [-0.15, -0.1) is 0 Å². The Balaban J connectivity index is 3.08. The molecule has 1 unspecified atom stereocenters. The quantitative estimate of drug-likeness (QED) is 0.198. The van der Waals surface area contributed by atoms with Crippen LogP contribution in [0, 0.1) is 24.2 Å². The summed E-state index contributed by atoms with van der Waals surface area (Å²) in [6.07, 6.45) is 26.0. The summed E-state index contributed by atoms with van der Waals surface area (Å²) in [6, 6.07) is 2.17. The zero-order valence-electron chi connectivity index (χ0n) is 15.7. The molecule has 0 saturated carbocycles. The third-order valence-corrected chi connectivity index (χ3v) is 4.51. The lowest BCUT2D eigenvalue weighted by Gasteiger charge is -2.02. The van der Waals surface area contributed by atoms with Crippen LogP contribution in [0.5, 0.6) is 0 Å². The molecule has 0 aliphatic heterocycles. The highest BCUT2D eigenvalue weighted by atomic mass is 14.2. The number of nitriles is 1. The Morgan fingerprint density at radius 3 is 1.65 bits per heavy atom. The van der Waals surface area contributed by atoms with Crippen LogP contribution in [0.2, 0.25) is 0 Å². The molecule has 1 heteroatoms. The summed E-state index contributed by atoms with van der Waals surface area (Å²) in [5.74, 6) is -0.0454. The molecular weight excluding hydrogens is 278 g/mol. The van der Waals surface area contributed by atoms with Crippen molar-refractivity contribution in [1.82, 2.24) is 0 Å². The molecule has 133 valence electrons. The summed E-state index contributed by atoms with van der Waals surface area (Å²) in [6.45, 7) is 6.06. The average Bonchev–Trinajstić information content (AvgIpc) is 2.57. The van der Waals surface area contributed by atoms with E-state index in [0.717, 1.165) is 12.8 Å². The third kappa shape index (κ3) is 19.2. The van der Waals surface area contributed by atoms with Crippen molar-refractivity contribution in [3.63, 3.8) is 0 Å². The van der Waals surface area contributed by atoms with Crippen LogP contribution in [-0.2, 0) is 0 Å². The summed E-state index contributed by atoms with van der Waals surface area (Å²) in [5.41, 5.74) is 0. The van der Waals surface area contributed by atoms with Gasteiger partial charge in [-0.05, 0) is 32.6 Å². The van der Waals surface area contributed by atoms with Crippen LogP contribution in [0.25, 0.3) is 0 Å². The molecule has 0 spiro atoms. The second kappa shape index (κ2) is 19.3. The topological polar surface area (TPSA) is 23.8 Å². The first kappa shape index (κ1) is 22.2. The Kier molecular flexibility index (Phi) is 18.6. The molecule has 1 nitrogen and oxygen atoms in total. The molecule has 0 aromatic rings. The maximum absolute atomic E-state index is 8.63. The number of allylic oxidation sites excluding steroid dienone is 2. The minimum atomic E-state index is -0.0454. The van der Waals surface area contributed by atoms with Crippen LogP contribution in [-0.4, -0.2) is 0 Å². The molecule has 0 aliphatic rings. The Morgan fingerprint density at radius 2 is 1.17 bits per heavy atom. The van der Waals surface area contributed by atoms with E-state index in [1.165, 1.54) is 89.9 Å². The maximum atomic E-state index is 8.63. The van der Waals surface area contributed by atoms with Gasteiger partial charge in [0.1, 0.15) is 0 Å². The van der Waals surface area contributed by atoms with Gasteiger partial charge in [0.2, 0.25) is 0 Å². The summed E-state index contributed by atoms with van der Waals surface area (Å²) in [5, 5.41) is 8.63. The van der Waals surface area contributed by atoms with E-state index in [1.54, 1.807) is 0 Å². The standard InChI is InChI=1S/C22H40N/c1-3-4-5-6-7-8-9-10-11-12-13-14-15-16-17-18-19-20-22(2)21-23/h17-18,22H,2-16,19-20H2,1H3. The lowest BCUT2D eigenvalue weighted by atomic mass is 10.0. The predicted octanol–water partition coefficient (Wildman–Crippen LogP) is 7.78. The van der Waals surface area contributed by atoms with E-state index in [2.05, 4.69) is 32.1 Å². The SMILES string of the molecule is [CH2]C(C#N)CCC=CCCCCCCCCCCCCCCC. The molecule has 1 radical (unpaired) electrons. The molecule has 0 amide bonds. The van der Waals surface area contributed by atoms with E-state index >= 15 is 0 Å². The van der Waals surface area contributed by atoms with Crippen LogP contribution in [0.15, 0.2) is 12.2 Å². The number of hydrogen-bond acceptors (Lipinski definition) is 1. The van der Waals surface area contributed by atoms with Crippen molar-refractivity contribution in [1.29, 1.82) is 5.26 Å². The number of nitrogens with zero attached hydrogens (tertiary/aromatic N) is 1. The Labute approximate surface area is 146 Å². The molecule has 1 atom stereocenters. The molecule has 0 rings (SSSR count). The number of hydrogen-bond donors (Lipinski definition) is 0. The first-order valence-corrected chi connectivity index (χ1v) is 10.2. The van der Waals surface area contributed by atoms with E-state index in [-0.39, 0.29) is 5.92 Å². The van der Waals surface area contributed by atoms with Gasteiger partial charge >= 0.3 is 0 Å². The lowest BCUT2D eigenvalue weighted by Crippen LogP contribution is -1.87. The fourth-order valence-corrected chi connectivity index (χ4v) is 2.88. The van der Waals surface area contributed by atoms with Crippen molar-refractivity contribution in [3.8, 4) is 6.07 Å². The van der Waals surface area contributed by atoms with Crippen LogP contribution < -0.4 is 0 Å². The summed E-state index contributed by atoms with van der Waals surface area (Å²) in [7, 11) is 0. The van der Waals surface area contributed by atoms with Gasteiger partial charge in [0.25, 0.3) is 0 Å². The Bertz CT molecular complexity index is 287. The fraction of sp³-hybridized carbons (Fsp3) is 0.818. The van der Waals surface area contributed by atoms with Crippen molar-refractivity contribution in [2.75, 3.05) is 0 Å². The first-order chi connectivity index (χ1) is 11.3. The van der Waals surface area contributed by atoms with Gasteiger partial charge in [-0.1, -0.05) is 96.1 Å². The molecule has 0 fully saturated rings. The minimum absolute atomic E-state index is 0.0454. The molecular formula is C22H40N. The van der Waals surface area contributed by atoms with Crippen molar-refractivity contribution in [2.24, 2.45) is 5.92 Å². The summed E-state index contributed by atoms with van der Waals surface area (Å²) in [4.78, 5) is 0. The average molecular weight is 319 g/mol. The normalized spacial score (nSPS) is 12.6. The van der Waals surface area contributed by atoms with E-state index in [9.17, 15) is 0 Å². The van der Waals surface area contributed by atoms with Gasteiger partial charge in [-0.2, -0.15) is 5.26 Å². The molecule has 0 aliphatic carbocycles. The molecule has 0 aromatic heterocycles. The van der Waals surface area contributed by atoms with Gasteiger partial charge in [0.05, 0.1) is 6.07 Å². The smallest absolute Gasteiger partial charge is 0.0655 e. The van der Waals surface area contributed by atoms with Gasteiger partial charge in [-0.3, -0.25) is 0 Å². The first-order valence-electron chi connectivity index (χ1n) is 10.2. The predicted molar refractivity (Wildman–Crippen MR) is 103 cm³/mol. The highest BCUT2D eigenvalue weighted by molar-refractivity contribution is 4.88.